The van der Waals surface area contributed by atoms with Crippen LogP contribution in [-0.4, -0.2) is 50.3 Å². The van der Waals surface area contributed by atoms with Gasteiger partial charge in [0.1, 0.15) is 12.0 Å². The minimum atomic E-state index is -4.95. The first kappa shape index (κ1) is 21.6. The van der Waals surface area contributed by atoms with Crippen LogP contribution < -0.4 is 5.32 Å². The molecule has 0 spiro atoms. The Hall–Kier alpha value is -2.43. The number of phenolic OH excluding ortho intramolecular Hbond substituents is 2. The lowest BCUT2D eigenvalue weighted by atomic mass is 10.0. The van der Waals surface area contributed by atoms with Gasteiger partial charge in [0.15, 0.2) is 16.6 Å². The first-order valence-electron chi connectivity index (χ1n) is 7.16. The van der Waals surface area contributed by atoms with Crippen molar-refractivity contribution >= 4 is 28.8 Å². The van der Waals surface area contributed by atoms with Crippen LogP contribution in [0.5, 0.6) is 11.5 Å². The lowest BCUT2D eigenvalue weighted by molar-refractivity contribution is -0.179. The summed E-state index contributed by atoms with van der Waals surface area (Å²) in [5.74, 6) is -7.55. The van der Waals surface area contributed by atoms with Gasteiger partial charge < -0.3 is 20.6 Å². The minimum absolute atomic E-state index is 0.176. The number of hydrogen-bond acceptors (Lipinski definition) is 6. The smallest absolute Gasteiger partial charge is 0.401 e. The maximum atomic E-state index is 13.0. The largest absolute Gasteiger partial charge is 0.504 e. The molecule has 0 saturated heterocycles. The summed E-state index contributed by atoms with van der Waals surface area (Å²) in [7, 11) is 0. The molecule has 0 unspecified atom stereocenters. The summed E-state index contributed by atoms with van der Waals surface area (Å²) in [6, 6.07) is 1.67. The molecule has 1 amide bonds. The zero-order valence-corrected chi connectivity index (χ0v) is 14.2. The predicted octanol–water partition coefficient (Wildman–Crippen LogP) is 1.67. The van der Waals surface area contributed by atoms with Crippen LogP contribution in [0.1, 0.15) is 12.5 Å². The van der Waals surface area contributed by atoms with E-state index in [9.17, 15) is 37.8 Å². The molecule has 0 aliphatic rings. The number of amides is 1. The fourth-order valence-corrected chi connectivity index (χ4v) is 2.67. The zero-order chi connectivity index (χ0) is 20.1. The summed E-state index contributed by atoms with van der Waals surface area (Å²) >= 11 is 0.310. The van der Waals surface area contributed by atoms with E-state index in [0.717, 1.165) is 19.1 Å². The highest BCUT2D eigenvalue weighted by Crippen LogP contribution is 2.30. The third-order valence-electron chi connectivity index (χ3n) is 3.26. The third kappa shape index (κ3) is 6.47. The summed E-state index contributed by atoms with van der Waals surface area (Å²) < 4.78 is 39.0. The number of phenols is 2. The Morgan fingerprint density at radius 1 is 1.19 bits per heavy atom. The van der Waals surface area contributed by atoms with E-state index in [-0.39, 0.29) is 5.56 Å². The Balaban J connectivity index is 2.92. The molecule has 4 N–H and O–H groups in total. The van der Waals surface area contributed by atoms with Gasteiger partial charge in [0, 0.05) is 19.1 Å². The van der Waals surface area contributed by atoms with E-state index < -0.39 is 58.8 Å². The van der Waals surface area contributed by atoms with Gasteiger partial charge in [0.05, 0.1) is 0 Å². The van der Waals surface area contributed by atoms with Crippen LogP contribution in [0.3, 0.4) is 0 Å². The molecule has 0 fully saturated rings. The van der Waals surface area contributed by atoms with Crippen molar-refractivity contribution < 1.29 is 42.9 Å². The van der Waals surface area contributed by atoms with Crippen molar-refractivity contribution in [2.24, 2.45) is 5.92 Å². The molecule has 0 aromatic heterocycles. The first-order valence-corrected chi connectivity index (χ1v) is 8.14. The normalized spacial score (nSPS) is 13.7. The fraction of sp³-hybridized carbons (Fsp3) is 0.400. The second-order valence-electron chi connectivity index (χ2n) is 5.32. The number of thioether (sulfide) groups is 1. The molecule has 0 saturated carbocycles. The molecule has 1 aromatic carbocycles. The second-order valence-corrected chi connectivity index (χ2v) is 6.52. The molecule has 0 aliphatic carbocycles. The number of rotatable bonds is 7. The number of alkyl halides is 3. The highest BCUT2D eigenvalue weighted by molar-refractivity contribution is 8.13. The lowest BCUT2D eigenvalue weighted by Crippen LogP contribution is -2.49. The molecular weight excluding hydrogens is 379 g/mol. The summed E-state index contributed by atoms with van der Waals surface area (Å²) in [4.78, 5) is 34.0. The number of benzene rings is 1. The van der Waals surface area contributed by atoms with Crippen molar-refractivity contribution in [3.05, 3.63) is 23.8 Å². The molecule has 0 heterocycles. The lowest BCUT2D eigenvalue weighted by Gasteiger charge is -2.22. The molecule has 2 atom stereocenters. The molecule has 1 rings (SSSR count). The van der Waals surface area contributed by atoms with Gasteiger partial charge in [-0.25, -0.2) is 4.79 Å². The van der Waals surface area contributed by atoms with Gasteiger partial charge in [-0.15, -0.1) is 0 Å². The van der Waals surface area contributed by atoms with Gasteiger partial charge in [-0.05, 0) is 17.7 Å². The molecule has 0 radical (unpaired) electrons. The van der Waals surface area contributed by atoms with Gasteiger partial charge >= 0.3 is 12.1 Å². The van der Waals surface area contributed by atoms with E-state index in [1.165, 1.54) is 6.07 Å². The van der Waals surface area contributed by atoms with Gasteiger partial charge in [-0.2, -0.15) is 13.2 Å². The highest BCUT2D eigenvalue weighted by Gasteiger charge is 2.45. The molecule has 11 heteroatoms. The van der Waals surface area contributed by atoms with Crippen molar-refractivity contribution in [1.29, 1.82) is 0 Å². The van der Waals surface area contributed by atoms with Crippen LogP contribution in [0, 0.1) is 5.92 Å². The molecule has 144 valence electrons. The summed E-state index contributed by atoms with van der Waals surface area (Å²) in [6.07, 6.45) is -5.37. The molecule has 1 aromatic rings. The van der Waals surface area contributed by atoms with Crippen molar-refractivity contribution in [2.75, 3.05) is 5.75 Å². The van der Waals surface area contributed by atoms with E-state index in [2.05, 4.69) is 0 Å². The van der Waals surface area contributed by atoms with Gasteiger partial charge in [-0.3, -0.25) is 9.59 Å². The van der Waals surface area contributed by atoms with Crippen molar-refractivity contribution in [1.82, 2.24) is 5.32 Å². The number of nitrogens with one attached hydrogen (secondary N) is 1. The second kappa shape index (κ2) is 8.79. The van der Waals surface area contributed by atoms with E-state index in [1.54, 1.807) is 5.32 Å². The van der Waals surface area contributed by atoms with E-state index >= 15 is 0 Å². The zero-order valence-electron chi connectivity index (χ0n) is 13.4. The van der Waals surface area contributed by atoms with E-state index in [4.69, 9.17) is 5.11 Å². The minimum Gasteiger partial charge on any atom is -0.504 e. The average molecular weight is 395 g/mol. The topological polar surface area (TPSA) is 124 Å². The van der Waals surface area contributed by atoms with Crippen molar-refractivity contribution in [3.8, 4) is 11.5 Å². The highest BCUT2D eigenvalue weighted by atomic mass is 32.2. The van der Waals surface area contributed by atoms with E-state index in [1.807, 2.05) is 0 Å². The Morgan fingerprint density at radius 2 is 1.81 bits per heavy atom. The summed E-state index contributed by atoms with van der Waals surface area (Å²) in [6.45, 7) is 1.05. The van der Waals surface area contributed by atoms with Crippen molar-refractivity contribution in [2.45, 2.75) is 25.6 Å². The molecule has 0 bridgehead atoms. The third-order valence-corrected chi connectivity index (χ3v) is 4.17. The monoisotopic (exact) mass is 395 g/mol. The number of carbonyl (C=O) groups excluding carboxylic acids is 2. The first-order chi connectivity index (χ1) is 11.9. The van der Waals surface area contributed by atoms with Crippen LogP contribution in [0.2, 0.25) is 0 Å². The van der Waals surface area contributed by atoms with E-state index in [0.29, 0.717) is 11.8 Å². The molecule has 7 nitrogen and oxygen atoms in total. The number of carbonyl (C=O) groups is 3. The number of halogens is 3. The Kier molecular flexibility index (Phi) is 7.30. The van der Waals surface area contributed by atoms with Crippen LogP contribution in [0.4, 0.5) is 13.2 Å². The Morgan fingerprint density at radius 3 is 2.27 bits per heavy atom. The summed E-state index contributed by atoms with van der Waals surface area (Å²) in [5, 5.41) is 28.9. The molecule has 0 aliphatic heterocycles. The number of carboxylic acid groups (broad SMARTS) is 1. The summed E-state index contributed by atoms with van der Waals surface area (Å²) in [5.41, 5.74) is 0.176. The van der Waals surface area contributed by atoms with Crippen LogP contribution in [-0.2, 0) is 20.8 Å². The molecule has 26 heavy (non-hydrogen) atoms. The number of aliphatic carboxylic acids is 1. The number of carboxylic acids is 1. The average Bonchev–Trinajstić information content (AvgIpc) is 2.48. The molecular formula is C15H16F3NO6S. The SMILES string of the molecule is CC(=O)SC[C@@H](C(=O)N[C@@H](Cc1ccc(O)c(O)c1)C(=O)O)C(F)(F)F. The van der Waals surface area contributed by atoms with Gasteiger partial charge in [0.25, 0.3) is 0 Å². The Labute approximate surface area is 150 Å². The number of aromatic hydroxyl groups is 2. The maximum absolute atomic E-state index is 13.0. The maximum Gasteiger partial charge on any atom is 0.401 e. The number of hydrogen-bond donors (Lipinski definition) is 4. The van der Waals surface area contributed by atoms with Crippen LogP contribution >= 0.6 is 11.8 Å². The van der Waals surface area contributed by atoms with Gasteiger partial charge in [0.2, 0.25) is 5.91 Å². The predicted molar refractivity (Wildman–Crippen MR) is 85.7 cm³/mol. The van der Waals surface area contributed by atoms with Gasteiger partial charge in [-0.1, -0.05) is 17.8 Å². The van der Waals surface area contributed by atoms with Crippen LogP contribution in [0.15, 0.2) is 18.2 Å². The standard InChI is InChI=1S/C15H16F3NO6S/c1-7(20)26-6-9(15(16,17)18)13(23)19-10(14(24)25)4-8-2-3-11(21)12(22)5-8/h2-3,5,9-10,21-22H,4,6H2,1H3,(H,19,23)(H,24,25)/t9-,10-/m0/s1. The van der Waals surface area contributed by atoms with Crippen molar-refractivity contribution in [3.63, 3.8) is 0 Å². The quantitative estimate of drug-likeness (QED) is 0.518. The van der Waals surface area contributed by atoms with Crippen LogP contribution in [0.25, 0.3) is 0 Å². The fourth-order valence-electron chi connectivity index (χ4n) is 1.92. The Bertz CT molecular complexity index is 694.